The third kappa shape index (κ3) is 3.76. The highest BCUT2D eigenvalue weighted by molar-refractivity contribution is 6.62. The van der Waals surface area contributed by atoms with Crippen molar-refractivity contribution in [1.29, 1.82) is 0 Å². The second-order valence-electron chi connectivity index (χ2n) is 6.90. The Hall–Kier alpha value is -1.37. The molecule has 0 saturated carbocycles. The van der Waals surface area contributed by atoms with Crippen LogP contribution in [0.3, 0.4) is 0 Å². The Morgan fingerprint density at radius 3 is 2.13 bits per heavy atom. The predicted molar refractivity (Wildman–Crippen MR) is 90.7 cm³/mol. The van der Waals surface area contributed by atoms with Crippen molar-refractivity contribution >= 4 is 18.6 Å². The van der Waals surface area contributed by atoms with E-state index >= 15 is 0 Å². The Labute approximate surface area is 138 Å². The highest BCUT2D eigenvalue weighted by atomic mass is 16.7. The van der Waals surface area contributed by atoms with Gasteiger partial charge in [-0.2, -0.15) is 0 Å². The van der Waals surface area contributed by atoms with Crippen LogP contribution in [-0.2, 0) is 25.3 Å². The third-order valence-corrected chi connectivity index (χ3v) is 4.78. The molecule has 126 valence electrons. The van der Waals surface area contributed by atoms with E-state index in [-0.39, 0.29) is 30.3 Å². The lowest BCUT2D eigenvalue weighted by atomic mass is 9.78. The zero-order valence-corrected chi connectivity index (χ0v) is 14.8. The van der Waals surface area contributed by atoms with Gasteiger partial charge in [0, 0.05) is 0 Å². The van der Waals surface area contributed by atoms with E-state index in [9.17, 15) is 4.79 Å². The maximum Gasteiger partial charge on any atom is 0.494 e. The lowest BCUT2D eigenvalue weighted by Crippen LogP contribution is -2.41. The Morgan fingerprint density at radius 2 is 1.70 bits per heavy atom. The van der Waals surface area contributed by atoms with E-state index in [1.165, 1.54) is 7.11 Å². The minimum atomic E-state index is -0.366. The summed E-state index contributed by atoms with van der Waals surface area (Å²) < 4.78 is 16.9. The summed E-state index contributed by atoms with van der Waals surface area (Å²) in [6, 6.07) is 7.62. The molecule has 5 nitrogen and oxygen atoms in total. The second kappa shape index (κ2) is 6.63. The monoisotopic (exact) mass is 319 g/mol. The maximum atomic E-state index is 11.6. The molecule has 6 heteroatoms. The number of hydrogen-bond donors (Lipinski definition) is 1. The number of rotatable bonds is 5. The van der Waals surface area contributed by atoms with Crippen molar-refractivity contribution in [3.05, 3.63) is 29.8 Å². The fourth-order valence-corrected chi connectivity index (χ4v) is 2.47. The van der Waals surface area contributed by atoms with E-state index in [1.54, 1.807) is 7.05 Å². The van der Waals surface area contributed by atoms with E-state index in [0.717, 1.165) is 11.0 Å². The molecule has 1 heterocycles. The van der Waals surface area contributed by atoms with Crippen LogP contribution in [0.15, 0.2) is 24.3 Å². The molecule has 0 bridgehead atoms. The molecule has 0 radical (unpaired) electrons. The number of benzene rings is 1. The number of esters is 1. The molecular weight excluding hydrogens is 293 g/mol. The molecular formula is C17H26BNO4. The third-order valence-electron chi connectivity index (χ3n) is 4.78. The summed E-state index contributed by atoms with van der Waals surface area (Å²) in [5.41, 5.74) is 1.33. The molecule has 1 aliphatic heterocycles. The number of ether oxygens (including phenoxy) is 1. The summed E-state index contributed by atoms with van der Waals surface area (Å²) >= 11 is 0. The van der Waals surface area contributed by atoms with Gasteiger partial charge in [0.2, 0.25) is 0 Å². The number of methoxy groups -OCH3 is 1. The van der Waals surface area contributed by atoms with Crippen LogP contribution in [0, 0.1) is 0 Å². The number of hydrogen-bond acceptors (Lipinski definition) is 5. The van der Waals surface area contributed by atoms with Crippen LogP contribution in [0.2, 0.25) is 0 Å². The maximum absolute atomic E-state index is 11.6. The Balaban J connectivity index is 2.07. The average Bonchev–Trinajstić information content (AvgIpc) is 2.73. The SMILES string of the molecule is CN[C@@H](Cc1ccc(B2OC(C)(C)C(C)(C)O2)cc1)C(=O)OC. The highest BCUT2D eigenvalue weighted by Gasteiger charge is 2.51. The molecule has 2 rings (SSSR count). The second-order valence-corrected chi connectivity index (χ2v) is 6.90. The minimum absolute atomic E-state index is 0.262. The zero-order chi connectivity index (χ0) is 17.3. The molecule has 0 amide bonds. The Morgan fingerprint density at radius 1 is 1.17 bits per heavy atom. The lowest BCUT2D eigenvalue weighted by molar-refractivity contribution is -0.142. The Bertz CT molecular complexity index is 540. The molecule has 23 heavy (non-hydrogen) atoms. The van der Waals surface area contributed by atoms with E-state index in [0.29, 0.717) is 6.42 Å². The number of carbonyl (C=O) groups is 1. The first kappa shape index (κ1) is 18.0. The summed E-state index contributed by atoms with van der Waals surface area (Å²) in [7, 11) is 2.78. The van der Waals surface area contributed by atoms with Crippen molar-refractivity contribution in [2.24, 2.45) is 0 Å². The van der Waals surface area contributed by atoms with Crippen LogP contribution in [0.4, 0.5) is 0 Å². The molecule has 0 unspecified atom stereocenters. The summed E-state index contributed by atoms with van der Waals surface area (Å²) in [6.07, 6.45) is 0.576. The topological polar surface area (TPSA) is 56.8 Å². The van der Waals surface area contributed by atoms with Crippen molar-refractivity contribution in [1.82, 2.24) is 5.32 Å². The van der Waals surface area contributed by atoms with Gasteiger partial charge >= 0.3 is 13.1 Å². The van der Waals surface area contributed by atoms with Crippen LogP contribution in [0.25, 0.3) is 0 Å². The molecule has 1 saturated heterocycles. The molecule has 0 spiro atoms. The molecule has 1 atom stereocenters. The smallest absolute Gasteiger partial charge is 0.468 e. The highest BCUT2D eigenvalue weighted by Crippen LogP contribution is 2.36. The first-order chi connectivity index (χ1) is 10.7. The molecule has 1 aromatic carbocycles. The molecule has 0 aromatic heterocycles. The van der Waals surface area contributed by atoms with E-state index in [4.69, 9.17) is 14.0 Å². The van der Waals surface area contributed by atoms with Crippen LogP contribution >= 0.6 is 0 Å². The van der Waals surface area contributed by atoms with Gasteiger partial charge in [0.05, 0.1) is 18.3 Å². The van der Waals surface area contributed by atoms with Gasteiger partial charge in [0.1, 0.15) is 6.04 Å². The number of carbonyl (C=O) groups excluding carboxylic acids is 1. The van der Waals surface area contributed by atoms with Crippen molar-refractivity contribution in [2.45, 2.75) is 51.4 Å². The van der Waals surface area contributed by atoms with Gasteiger partial charge in [-0.05, 0) is 52.2 Å². The normalized spacial score (nSPS) is 20.3. The number of likely N-dealkylation sites (N-methyl/N-ethyl adjacent to an activating group) is 1. The summed E-state index contributed by atoms with van der Waals surface area (Å²) in [4.78, 5) is 11.6. The van der Waals surface area contributed by atoms with E-state index in [1.807, 2.05) is 52.0 Å². The fraction of sp³-hybridized carbons (Fsp3) is 0.588. The predicted octanol–water partition coefficient (Wildman–Crippen LogP) is 1.29. The molecule has 0 aliphatic carbocycles. The molecule has 1 aromatic rings. The van der Waals surface area contributed by atoms with Crippen molar-refractivity contribution < 1.29 is 18.8 Å². The first-order valence-corrected chi connectivity index (χ1v) is 7.90. The standard InChI is InChI=1S/C17H26BNO4/c1-16(2)17(3,4)23-18(22-16)13-9-7-12(8-10-13)11-14(19-5)15(20)21-6/h7-10,14,19H,11H2,1-6H3/t14-/m0/s1. The number of nitrogens with one attached hydrogen (secondary N) is 1. The summed E-state index contributed by atoms with van der Waals surface area (Å²) in [5.74, 6) is -0.262. The van der Waals surface area contributed by atoms with Crippen LogP contribution in [-0.4, -0.2) is 44.5 Å². The van der Waals surface area contributed by atoms with Gasteiger partial charge in [0.15, 0.2) is 0 Å². The van der Waals surface area contributed by atoms with Gasteiger partial charge in [-0.3, -0.25) is 4.79 Å². The summed E-state index contributed by atoms with van der Waals surface area (Å²) in [6.45, 7) is 8.15. The van der Waals surface area contributed by atoms with Crippen molar-refractivity contribution in [3.63, 3.8) is 0 Å². The van der Waals surface area contributed by atoms with E-state index in [2.05, 4.69) is 5.32 Å². The Kier molecular flexibility index (Phi) is 5.18. The van der Waals surface area contributed by atoms with Crippen molar-refractivity contribution in [2.75, 3.05) is 14.2 Å². The van der Waals surface area contributed by atoms with Gasteiger partial charge < -0.3 is 19.4 Å². The molecule has 1 aliphatic rings. The molecule has 1 N–H and O–H groups in total. The van der Waals surface area contributed by atoms with Gasteiger partial charge in [0.25, 0.3) is 0 Å². The minimum Gasteiger partial charge on any atom is -0.468 e. The van der Waals surface area contributed by atoms with Gasteiger partial charge in [-0.25, -0.2) is 0 Å². The quantitative estimate of drug-likeness (QED) is 0.655. The van der Waals surface area contributed by atoms with Crippen molar-refractivity contribution in [3.8, 4) is 0 Å². The van der Waals surface area contributed by atoms with Crippen LogP contribution in [0.1, 0.15) is 33.3 Å². The molecule has 1 fully saturated rings. The van der Waals surface area contributed by atoms with E-state index < -0.39 is 0 Å². The largest absolute Gasteiger partial charge is 0.494 e. The lowest BCUT2D eigenvalue weighted by Gasteiger charge is -2.32. The zero-order valence-electron chi connectivity index (χ0n) is 14.8. The van der Waals surface area contributed by atoms with Gasteiger partial charge in [-0.1, -0.05) is 24.3 Å². The fourth-order valence-electron chi connectivity index (χ4n) is 2.47. The average molecular weight is 319 g/mol. The van der Waals surface area contributed by atoms with Gasteiger partial charge in [-0.15, -0.1) is 0 Å². The van der Waals surface area contributed by atoms with Crippen LogP contribution in [0.5, 0.6) is 0 Å². The first-order valence-electron chi connectivity index (χ1n) is 7.90. The summed E-state index contributed by atoms with van der Waals surface area (Å²) in [5, 5.41) is 2.97. The van der Waals surface area contributed by atoms with Crippen LogP contribution < -0.4 is 10.8 Å².